The maximum atomic E-state index is 12.9. The first kappa shape index (κ1) is 17.2. The molecule has 1 aliphatic rings. The molecule has 0 radical (unpaired) electrons. The van der Waals surface area contributed by atoms with Crippen molar-refractivity contribution in [3.63, 3.8) is 0 Å². The summed E-state index contributed by atoms with van der Waals surface area (Å²) in [6.07, 6.45) is 0. The van der Waals surface area contributed by atoms with Crippen LogP contribution in [-0.2, 0) is 15.8 Å². The summed E-state index contributed by atoms with van der Waals surface area (Å²) in [6.45, 7) is 0. The monoisotopic (exact) mass is 377 g/mol. The first-order valence-electron chi connectivity index (χ1n) is 8.32. The zero-order chi connectivity index (χ0) is 19.0. The lowest BCUT2D eigenvalue weighted by Crippen LogP contribution is -2.24. The molecular formula is C21H15NO4S. The van der Waals surface area contributed by atoms with Crippen LogP contribution in [-0.4, -0.2) is 20.0 Å². The maximum absolute atomic E-state index is 12.9. The Bertz CT molecular complexity index is 1170. The SMILES string of the molecule is O=C1c2ccccc2C(=O)c2c(NS(=O)(=O)Cc3ccccc3)cccc21. The van der Waals surface area contributed by atoms with Gasteiger partial charge < -0.3 is 0 Å². The van der Waals surface area contributed by atoms with Gasteiger partial charge in [-0.3, -0.25) is 14.3 Å². The molecule has 0 bridgehead atoms. The molecule has 0 saturated heterocycles. The Morgan fingerprint density at radius 1 is 0.667 bits per heavy atom. The van der Waals surface area contributed by atoms with Gasteiger partial charge in [0.05, 0.1) is 17.0 Å². The molecule has 0 aliphatic heterocycles. The number of rotatable bonds is 4. The van der Waals surface area contributed by atoms with Gasteiger partial charge >= 0.3 is 0 Å². The van der Waals surface area contributed by atoms with Crippen LogP contribution in [0.5, 0.6) is 0 Å². The van der Waals surface area contributed by atoms with E-state index < -0.39 is 10.0 Å². The number of sulfonamides is 1. The Morgan fingerprint density at radius 3 is 1.96 bits per heavy atom. The van der Waals surface area contributed by atoms with E-state index in [0.717, 1.165) is 0 Å². The minimum Gasteiger partial charge on any atom is -0.289 e. The molecular weight excluding hydrogens is 362 g/mol. The topological polar surface area (TPSA) is 80.3 Å². The van der Waals surface area contributed by atoms with E-state index in [1.54, 1.807) is 66.7 Å². The van der Waals surface area contributed by atoms with E-state index in [4.69, 9.17) is 0 Å². The van der Waals surface area contributed by atoms with Gasteiger partial charge in [-0.05, 0) is 11.6 Å². The molecule has 3 aromatic rings. The van der Waals surface area contributed by atoms with Crippen LogP contribution in [0.4, 0.5) is 5.69 Å². The smallest absolute Gasteiger partial charge is 0.236 e. The molecule has 4 rings (SSSR count). The number of nitrogens with one attached hydrogen (secondary N) is 1. The van der Waals surface area contributed by atoms with Gasteiger partial charge in [-0.2, -0.15) is 0 Å². The molecule has 0 amide bonds. The Kier molecular flexibility index (Phi) is 4.12. The summed E-state index contributed by atoms with van der Waals surface area (Å²) in [7, 11) is -3.75. The molecule has 0 fully saturated rings. The normalized spacial score (nSPS) is 13.0. The van der Waals surface area contributed by atoms with Crippen LogP contribution < -0.4 is 4.72 Å². The third-order valence-electron chi connectivity index (χ3n) is 4.42. The maximum Gasteiger partial charge on any atom is 0.236 e. The predicted molar refractivity (Wildman–Crippen MR) is 102 cm³/mol. The highest BCUT2D eigenvalue weighted by Crippen LogP contribution is 2.32. The van der Waals surface area contributed by atoms with Crippen LogP contribution >= 0.6 is 0 Å². The predicted octanol–water partition coefficient (Wildman–Crippen LogP) is 3.40. The average molecular weight is 377 g/mol. The van der Waals surface area contributed by atoms with Crippen molar-refractivity contribution in [2.45, 2.75) is 5.75 Å². The van der Waals surface area contributed by atoms with Crippen LogP contribution in [0.3, 0.4) is 0 Å². The summed E-state index contributed by atoms with van der Waals surface area (Å²) < 4.78 is 27.6. The van der Waals surface area contributed by atoms with Crippen LogP contribution in [0.1, 0.15) is 37.4 Å². The van der Waals surface area contributed by atoms with Crippen LogP contribution in [0.15, 0.2) is 72.8 Å². The summed E-state index contributed by atoms with van der Waals surface area (Å²) in [6, 6.07) is 19.9. The standard InChI is InChI=1S/C21H15NO4S/c23-20-15-9-4-5-10-16(15)21(24)19-17(20)11-6-12-18(19)22-27(25,26)13-14-7-2-1-3-8-14/h1-12,22H,13H2. The second-order valence-electron chi connectivity index (χ2n) is 6.28. The van der Waals surface area contributed by atoms with Gasteiger partial charge in [0.2, 0.25) is 10.0 Å². The third-order valence-corrected chi connectivity index (χ3v) is 5.66. The molecule has 0 spiro atoms. The number of hydrogen-bond acceptors (Lipinski definition) is 4. The van der Waals surface area contributed by atoms with E-state index in [2.05, 4.69) is 4.72 Å². The highest BCUT2D eigenvalue weighted by molar-refractivity contribution is 7.91. The van der Waals surface area contributed by atoms with E-state index in [-0.39, 0.29) is 39.7 Å². The zero-order valence-electron chi connectivity index (χ0n) is 14.2. The van der Waals surface area contributed by atoms with Gasteiger partial charge in [-0.1, -0.05) is 66.7 Å². The van der Waals surface area contributed by atoms with E-state index in [9.17, 15) is 18.0 Å². The number of fused-ring (bicyclic) bond motifs is 2. The first-order chi connectivity index (χ1) is 13.0. The Morgan fingerprint density at radius 2 is 1.26 bits per heavy atom. The lowest BCUT2D eigenvalue weighted by atomic mass is 9.83. The highest BCUT2D eigenvalue weighted by atomic mass is 32.2. The molecule has 27 heavy (non-hydrogen) atoms. The average Bonchev–Trinajstić information content (AvgIpc) is 2.66. The van der Waals surface area contributed by atoms with E-state index in [0.29, 0.717) is 11.1 Å². The first-order valence-corrected chi connectivity index (χ1v) is 9.97. The fourth-order valence-corrected chi connectivity index (χ4v) is 4.44. The molecule has 0 heterocycles. The van der Waals surface area contributed by atoms with Crippen molar-refractivity contribution in [3.8, 4) is 0 Å². The third kappa shape index (κ3) is 3.15. The van der Waals surface area contributed by atoms with E-state index >= 15 is 0 Å². The molecule has 5 nitrogen and oxygen atoms in total. The van der Waals surface area contributed by atoms with Gasteiger partial charge in [-0.15, -0.1) is 0 Å². The number of carbonyl (C=O) groups excluding carboxylic acids is 2. The van der Waals surface area contributed by atoms with Gasteiger partial charge in [0.15, 0.2) is 11.6 Å². The van der Waals surface area contributed by atoms with Crippen molar-refractivity contribution < 1.29 is 18.0 Å². The second kappa shape index (κ2) is 6.48. The van der Waals surface area contributed by atoms with Gasteiger partial charge in [0.25, 0.3) is 0 Å². The summed E-state index contributed by atoms with van der Waals surface area (Å²) in [4.78, 5) is 25.7. The zero-order valence-corrected chi connectivity index (χ0v) is 15.0. The highest BCUT2D eigenvalue weighted by Gasteiger charge is 2.32. The molecule has 134 valence electrons. The molecule has 0 unspecified atom stereocenters. The molecule has 1 aliphatic carbocycles. The van der Waals surface area contributed by atoms with Gasteiger partial charge in [-0.25, -0.2) is 8.42 Å². The molecule has 0 saturated carbocycles. The fourth-order valence-electron chi connectivity index (χ4n) is 3.23. The lowest BCUT2D eigenvalue weighted by Gasteiger charge is -2.20. The van der Waals surface area contributed by atoms with E-state index in [1.807, 2.05) is 0 Å². The largest absolute Gasteiger partial charge is 0.289 e. The number of hydrogen-bond donors (Lipinski definition) is 1. The molecule has 1 N–H and O–H groups in total. The van der Waals surface area contributed by atoms with Crippen molar-refractivity contribution in [1.29, 1.82) is 0 Å². The van der Waals surface area contributed by atoms with Crippen molar-refractivity contribution >= 4 is 27.3 Å². The number of ketones is 2. The molecule has 3 aromatic carbocycles. The minimum atomic E-state index is -3.75. The van der Waals surface area contributed by atoms with E-state index in [1.165, 1.54) is 6.07 Å². The van der Waals surface area contributed by atoms with Crippen molar-refractivity contribution in [2.24, 2.45) is 0 Å². The summed E-state index contributed by atoms with van der Waals surface area (Å²) in [5.41, 5.74) is 1.67. The lowest BCUT2D eigenvalue weighted by molar-refractivity contribution is 0.0979. The quantitative estimate of drug-likeness (QED) is 0.591. The Balaban J connectivity index is 1.74. The number of carbonyl (C=O) groups is 2. The summed E-state index contributed by atoms with van der Waals surface area (Å²) in [5.74, 6) is -0.876. The van der Waals surface area contributed by atoms with Crippen LogP contribution in [0.2, 0.25) is 0 Å². The van der Waals surface area contributed by atoms with Gasteiger partial charge in [0, 0.05) is 16.7 Å². The van der Waals surface area contributed by atoms with Crippen molar-refractivity contribution in [3.05, 3.63) is 101 Å². The van der Waals surface area contributed by atoms with Crippen molar-refractivity contribution in [2.75, 3.05) is 4.72 Å². The Labute approximate surface area is 156 Å². The van der Waals surface area contributed by atoms with Crippen LogP contribution in [0, 0.1) is 0 Å². The number of anilines is 1. The summed E-state index contributed by atoms with van der Waals surface area (Å²) in [5, 5.41) is 0. The number of benzene rings is 3. The Hall–Kier alpha value is -3.25. The molecule has 0 aromatic heterocycles. The minimum absolute atomic E-state index is 0.0952. The second-order valence-corrected chi connectivity index (χ2v) is 8.00. The van der Waals surface area contributed by atoms with Gasteiger partial charge in [0.1, 0.15) is 0 Å². The summed E-state index contributed by atoms with van der Waals surface area (Å²) >= 11 is 0. The van der Waals surface area contributed by atoms with Crippen molar-refractivity contribution in [1.82, 2.24) is 0 Å². The molecule has 0 atom stereocenters. The van der Waals surface area contributed by atoms with Crippen LogP contribution in [0.25, 0.3) is 0 Å². The fraction of sp³-hybridized carbons (Fsp3) is 0.0476. The molecule has 6 heteroatoms.